The first-order chi connectivity index (χ1) is 12.9. The predicted octanol–water partition coefficient (Wildman–Crippen LogP) is 4.24. The van der Waals surface area contributed by atoms with Gasteiger partial charge in [-0.2, -0.15) is 0 Å². The van der Waals surface area contributed by atoms with Crippen LogP contribution in [0.2, 0.25) is 0 Å². The number of rotatable bonds is 4. The maximum atomic E-state index is 4.67. The van der Waals surface area contributed by atoms with Crippen molar-refractivity contribution in [3.63, 3.8) is 0 Å². The lowest BCUT2D eigenvalue weighted by Gasteiger charge is -2.05. The number of thiophene rings is 1. The van der Waals surface area contributed by atoms with Crippen LogP contribution in [0.5, 0.6) is 0 Å². The molecule has 26 heavy (non-hydrogen) atoms. The molecule has 0 fully saturated rings. The van der Waals surface area contributed by atoms with Gasteiger partial charge in [-0.1, -0.05) is 24.3 Å². The minimum absolute atomic E-state index is 0.635. The van der Waals surface area contributed by atoms with Gasteiger partial charge in [0.05, 0.1) is 0 Å². The Morgan fingerprint density at radius 1 is 1.08 bits per heavy atom. The topological polar surface area (TPSA) is 79.4 Å². The number of nitrogens with one attached hydrogen (secondary N) is 2. The summed E-state index contributed by atoms with van der Waals surface area (Å²) in [4.78, 5) is 20.9. The molecule has 0 atom stereocenters. The average Bonchev–Trinajstić information content (AvgIpc) is 3.31. The Hall–Kier alpha value is -3.32. The van der Waals surface area contributed by atoms with Gasteiger partial charge in [-0.15, -0.1) is 11.3 Å². The molecule has 4 heterocycles. The van der Waals surface area contributed by atoms with Crippen molar-refractivity contribution in [2.45, 2.75) is 6.54 Å². The molecule has 0 aliphatic carbocycles. The summed E-state index contributed by atoms with van der Waals surface area (Å²) in [5, 5.41) is 6.65. The number of nitrogens with zero attached hydrogens (tertiary/aromatic N) is 4. The number of fused-ring (bicyclic) bond motifs is 2. The lowest BCUT2D eigenvalue weighted by molar-refractivity contribution is 1.08. The molecule has 0 amide bonds. The number of pyridine rings is 1. The fourth-order valence-electron chi connectivity index (χ4n) is 2.94. The van der Waals surface area contributed by atoms with Gasteiger partial charge < -0.3 is 10.3 Å². The van der Waals surface area contributed by atoms with Crippen molar-refractivity contribution in [3.8, 4) is 11.4 Å². The molecule has 2 N–H and O–H groups in total. The molecule has 0 saturated heterocycles. The van der Waals surface area contributed by atoms with Crippen molar-refractivity contribution < 1.29 is 0 Å². The molecule has 1 aromatic carbocycles. The van der Waals surface area contributed by atoms with Crippen LogP contribution >= 0.6 is 11.3 Å². The fourth-order valence-corrected chi connectivity index (χ4v) is 3.89. The number of hydrogen-bond donors (Lipinski definition) is 2. The van der Waals surface area contributed by atoms with Gasteiger partial charge >= 0.3 is 0 Å². The van der Waals surface area contributed by atoms with E-state index in [2.05, 4.69) is 47.7 Å². The third-order valence-corrected chi connectivity index (χ3v) is 5.17. The van der Waals surface area contributed by atoms with E-state index in [0.717, 1.165) is 28.3 Å². The second-order valence-electron chi connectivity index (χ2n) is 5.87. The SMILES string of the molecule is c1cncc(CNc2ncnc3nc(-c4csc5ccccc45)[nH]c23)c1. The molecule has 0 aliphatic heterocycles. The zero-order chi connectivity index (χ0) is 17.3. The van der Waals surface area contributed by atoms with E-state index in [4.69, 9.17) is 0 Å². The van der Waals surface area contributed by atoms with Crippen LogP contribution in [-0.4, -0.2) is 24.9 Å². The van der Waals surface area contributed by atoms with E-state index in [1.54, 1.807) is 17.5 Å². The molecule has 0 unspecified atom stereocenters. The maximum absolute atomic E-state index is 4.67. The summed E-state index contributed by atoms with van der Waals surface area (Å²) >= 11 is 1.71. The van der Waals surface area contributed by atoms with E-state index >= 15 is 0 Å². The Kier molecular flexibility index (Phi) is 3.57. The van der Waals surface area contributed by atoms with Crippen LogP contribution in [-0.2, 0) is 6.54 Å². The molecule has 0 bridgehead atoms. The second-order valence-corrected chi connectivity index (χ2v) is 6.78. The van der Waals surface area contributed by atoms with E-state index in [9.17, 15) is 0 Å². The van der Waals surface area contributed by atoms with Crippen LogP contribution in [0.3, 0.4) is 0 Å². The van der Waals surface area contributed by atoms with Gasteiger partial charge in [-0.25, -0.2) is 15.0 Å². The van der Waals surface area contributed by atoms with Crippen molar-refractivity contribution in [1.29, 1.82) is 0 Å². The Labute approximate surface area is 153 Å². The van der Waals surface area contributed by atoms with Gasteiger partial charge in [0.2, 0.25) is 0 Å². The molecule has 0 aliphatic rings. The normalized spacial score (nSPS) is 11.2. The van der Waals surface area contributed by atoms with Gasteiger partial charge in [0.15, 0.2) is 11.5 Å². The third-order valence-electron chi connectivity index (χ3n) is 4.21. The van der Waals surface area contributed by atoms with Crippen LogP contribution in [0.15, 0.2) is 60.5 Å². The minimum atomic E-state index is 0.635. The number of aromatic amines is 1. The summed E-state index contributed by atoms with van der Waals surface area (Å²) in [6, 6.07) is 12.3. The van der Waals surface area contributed by atoms with Crippen molar-refractivity contribution >= 4 is 38.4 Å². The largest absolute Gasteiger partial charge is 0.364 e. The molecule has 0 spiro atoms. The first-order valence-corrected chi connectivity index (χ1v) is 9.06. The first kappa shape index (κ1) is 15.0. The van der Waals surface area contributed by atoms with E-state index < -0.39 is 0 Å². The Bertz CT molecular complexity index is 1190. The molecule has 4 aromatic heterocycles. The number of benzene rings is 1. The van der Waals surface area contributed by atoms with E-state index in [1.165, 1.54) is 16.4 Å². The van der Waals surface area contributed by atoms with Gasteiger partial charge in [-0.3, -0.25) is 4.98 Å². The third kappa shape index (κ3) is 2.58. The first-order valence-electron chi connectivity index (χ1n) is 8.18. The highest BCUT2D eigenvalue weighted by Gasteiger charge is 2.14. The maximum Gasteiger partial charge on any atom is 0.183 e. The second kappa shape index (κ2) is 6.20. The summed E-state index contributed by atoms with van der Waals surface area (Å²) in [5.41, 5.74) is 3.63. The van der Waals surface area contributed by atoms with Crippen LogP contribution in [0.25, 0.3) is 32.6 Å². The summed E-state index contributed by atoms with van der Waals surface area (Å²) < 4.78 is 1.24. The molecule has 7 heteroatoms. The molecule has 0 radical (unpaired) electrons. The van der Waals surface area contributed by atoms with Crippen molar-refractivity contribution in [2.24, 2.45) is 0 Å². The molecule has 5 aromatic rings. The van der Waals surface area contributed by atoms with E-state index in [1.807, 2.05) is 30.5 Å². The highest BCUT2D eigenvalue weighted by molar-refractivity contribution is 7.17. The molecule has 6 nitrogen and oxygen atoms in total. The highest BCUT2D eigenvalue weighted by atomic mass is 32.1. The zero-order valence-electron chi connectivity index (χ0n) is 13.7. The van der Waals surface area contributed by atoms with Crippen LogP contribution in [0, 0.1) is 0 Å². The van der Waals surface area contributed by atoms with Crippen LogP contribution in [0.4, 0.5) is 5.82 Å². The molecule has 5 rings (SSSR count). The number of hydrogen-bond acceptors (Lipinski definition) is 6. The highest BCUT2D eigenvalue weighted by Crippen LogP contribution is 2.33. The van der Waals surface area contributed by atoms with E-state index in [0.29, 0.717) is 12.2 Å². The van der Waals surface area contributed by atoms with Gasteiger partial charge in [-0.05, 0) is 17.7 Å². The van der Waals surface area contributed by atoms with Crippen LogP contribution < -0.4 is 5.32 Å². The molecule has 0 saturated carbocycles. The van der Waals surface area contributed by atoms with Gasteiger partial charge in [0.1, 0.15) is 17.7 Å². The van der Waals surface area contributed by atoms with Crippen molar-refractivity contribution in [2.75, 3.05) is 5.32 Å². The zero-order valence-corrected chi connectivity index (χ0v) is 14.5. The van der Waals surface area contributed by atoms with Crippen LogP contribution in [0.1, 0.15) is 5.56 Å². The smallest absolute Gasteiger partial charge is 0.183 e. The molecular weight excluding hydrogens is 344 g/mol. The average molecular weight is 358 g/mol. The van der Waals surface area contributed by atoms with Gasteiger partial charge in [0.25, 0.3) is 0 Å². The number of imidazole rings is 1. The summed E-state index contributed by atoms with van der Waals surface area (Å²) in [6.45, 7) is 0.635. The molecular formula is C19H14N6S. The fraction of sp³-hybridized carbons (Fsp3) is 0.0526. The minimum Gasteiger partial charge on any atom is -0.364 e. The van der Waals surface area contributed by atoms with Gasteiger partial charge in [0, 0.05) is 40.0 Å². The Morgan fingerprint density at radius 2 is 2.04 bits per heavy atom. The summed E-state index contributed by atoms with van der Waals surface area (Å²) in [5.74, 6) is 1.54. The predicted molar refractivity (Wildman–Crippen MR) is 104 cm³/mol. The standard InChI is InChI=1S/C19H14N6S/c1-2-6-15-13(5-1)14(10-26-15)17-24-16-18(22-11-23-19(16)25-17)21-9-12-4-3-7-20-8-12/h1-8,10-11H,9H2,(H2,21,22,23,24,25). The number of anilines is 1. The monoisotopic (exact) mass is 358 g/mol. The van der Waals surface area contributed by atoms with Crippen molar-refractivity contribution in [1.82, 2.24) is 24.9 Å². The number of aromatic nitrogens is 5. The Balaban J connectivity index is 1.53. The summed E-state index contributed by atoms with van der Waals surface area (Å²) in [7, 11) is 0. The lowest BCUT2D eigenvalue weighted by Crippen LogP contribution is -2.02. The Morgan fingerprint density at radius 3 is 2.96 bits per heavy atom. The summed E-state index contributed by atoms with van der Waals surface area (Å²) in [6.07, 6.45) is 5.13. The number of H-pyrrole nitrogens is 1. The molecule has 126 valence electrons. The van der Waals surface area contributed by atoms with Crippen molar-refractivity contribution in [3.05, 3.63) is 66.1 Å². The quantitative estimate of drug-likeness (QED) is 0.502. The lowest BCUT2D eigenvalue weighted by atomic mass is 10.2. The van der Waals surface area contributed by atoms with E-state index in [-0.39, 0.29) is 0 Å².